The van der Waals surface area contributed by atoms with Gasteiger partial charge in [-0.25, -0.2) is 9.07 Å². The fraction of sp³-hybridized carbons (Fsp3) is 0.176. The van der Waals surface area contributed by atoms with Gasteiger partial charge < -0.3 is 15.2 Å². The Morgan fingerprint density at radius 1 is 1.08 bits per heavy atom. The zero-order chi connectivity index (χ0) is 16.9. The average molecular weight is 328 g/mol. The first-order chi connectivity index (χ1) is 11.7. The lowest BCUT2D eigenvalue weighted by atomic mass is 10.2. The number of halogens is 1. The third kappa shape index (κ3) is 3.36. The fourth-order valence-electron chi connectivity index (χ4n) is 2.18. The maximum Gasteiger partial charge on any atom is 0.336 e. The molecule has 0 amide bonds. The van der Waals surface area contributed by atoms with Crippen LogP contribution in [0.5, 0.6) is 6.01 Å². The Kier molecular flexibility index (Phi) is 4.72. The largest absolute Gasteiger partial charge is 0.460 e. The molecule has 1 aromatic heterocycles. The van der Waals surface area contributed by atoms with Crippen molar-refractivity contribution in [2.75, 3.05) is 26.1 Å². The molecule has 124 valence electrons. The van der Waals surface area contributed by atoms with Gasteiger partial charge in [-0.15, -0.1) is 5.10 Å². The van der Waals surface area contributed by atoms with Gasteiger partial charge in [-0.05, 0) is 36.4 Å². The highest BCUT2D eigenvalue weighted by Gasteiger charge is 2.17. The molecule has 0 aliphatic rings. The van der Waals surface area contributed by atoms with Crippen LogP contribution in [0.2, 0.25) is 0 Å². The van der Waals surface area contributed by atoms with E-state index in [1.807, 2.05) is 0 Å². The van der Waals surface area contributed by atoms with Gasteiger partial charge in [-0.1, -0.05) is 12.1 Å². The summed E-state index contributed by atoms with van der Waals surface area (Å²) in [5, 5.41) is 4.32. The second-order valence-corrected chi connectivity index (χ2v) is 5.04. The van der Waals surface area contributed by atoms with Crippen molar-refractivity contribution in [1.29, 1.82) is 0 Å². The number of nitrogens with two attached hydrogens (primary N) is 1. The first-order valence-electron chi connectivity index (χ1n) is 7.38. The molecule has 0 unspecified atom stereocenters. The van der Waals surface area contributed by atoms with Gasteiger partial charge in [-0.3, -0.25) is 0 Å². The molecule has 7 heteroatoms. The lowest BCUT2D eigenvalue weighted by molar-refractivity contribution is 0.141. The summed E-state index contributed by atoms with van der Waals surface area (Å²) >= 11 is 0. The summed E-state index contributed by atoms with van der Waals surface area (Å²) in [6.45, 7) is 0.713. The molecule has 0 aliphatic carbocycles. The molecule has 2 N–H and O–H groups in total. The maximum atomic E-state index is 14.2. The summed E-state index contributed by atoms with van der Waals surface area (Å²) in [7, 11) is 1.58. The van der Waals surface area contributed by atoms with E-state index in [1.54, 1.807) is 49.6 Å². The van der Waals surface area contributed by atoms with Crippen molar-refractivity contribution in [3.05, 3.63) is 54.3 Å². The van der Waals surface area contributed by atoms with Crippen molar-refractivity contribution in [2.45, 2.75) is 0 Å². The molecule has 0 atom stereocenters. The van der Waals surface area contributed by atoms with Crippen LogP contribution in [0.15, 0.2) is 48.5 Å². The quantitative estimate of drug-likeness (QED) is 0.556. The number of ether oxygens (including phenoxy) is 2. The standard InChI is InChI=1S/C17H17FN4O2/c1-23-10-11-24-17-20-16(14-4-2-3-5-15(14)18)22(21-17)13-8-6-12(19)7-9-13/h2-9H,10-11,19H2,1H3. The van der Waals surface area contributed by atoms with Gasteiger partial charge in [0.15, 0.2) is 5.82 Å². The molecule has 0 radical (unpaired) electrons. The molecule has 0 aliphatic heterocycles. The Bertz CT molecular complexity index is 818. The number of anilines is 1. The van der Waals surface area contributed by atoms with Crippen molar-refractivity contribution in [3.8, 4) is 23.1 Å². The molecule has 1 heterocycles. The number of aromatic nitrogens is 3. The van der Waals surface area contributed by atoms with Gasteiger partial charge in [0, 0.05) is 12.8 Å². The zero-order valence-corrected chi connectivity index (χ0v) is 13.1. The van der Waals surface area contributed by atoms with E-state index in [1.165, 1.54) is 10.7 Å². The van der Waals surface area contributed by atoms with Gasteiger partial charge in [0.05, 0.1) is 17.9 Å². The van der Waals surface area contributed by atoms with Crippen LogP contribution >= 0.6 is 0 Å². The molecule has 3 aromatic rings. The Hall–Kier alpha value is -2.93. The number of methoxy groups -OCH3 is 1. The predicted molar refractivity (Wildman–Crippen MR) is 88.5 cm³/mol. The van der Waals surface area contributed by atoms with Crippen LogP contribution < -0.4 is 10.5 Å². The minimum atomic E-state index is -0.384. The van der Waals surface area contributed by atoms with E-state index in [9.17, 15) is 4.39 Å². The summed E-state index contributed by atoms with van der Waals surface area (Å²) in [6.07, 6.45) is 0. The summed E-state index contributed by atoms with van der Waals surface area (Å²) in [5.74, 6) is -0.0321. The minimum absolute atomic E-state index is 0.155. The van der Waals surface area contributed by atoms with Gasteiger partial charge >= 0.3 is 6.01 Å². The van der Waals surface area contributed by atoms with Gasteiger partial charge in [0.1, 0.15) is 12.4 Å². The molecule has 6 nitrogen and oxygen atoms in total. The lowest BCUT2D eigenvalue weighted by Gasteiger charge is -2.06. The molecule has 0 fully saturated rings. The third-order valence-corrected chi connectivity index (χ3v) is 3.36. The third-order valence-electron chi connectivity index (χ3n) is 3.36. The number of rotatable bonds is 6. The maximum absolute atomic E-state index is 14.2. The Morgan fingerprint density at radius 3 is 2.54 bits per heavy atom. The van der Waals surface area contributed by atoms with Crippen molar-refractivity contribution in [1.82, 2.24) is 14.8 Å². The highest BCUT2D eigenvalue weighted by atomic mass is 19.1. The van der Waals surface area contributed by atoms with Gasteiger partial charge in [-0.2, -0.15) is 4.98 Å². The lowest BCUT2D eigenvalue weighted by Crippen LogP contribution is -2.05. The first-order valence-corrected chi connectivity index (χ1v) is 7.38. The van der Waals surface area contributed by atoms with Gasteiger partial charge in [0.25, 0.3) is 0 Å². The number of hydrogen-bond donors (Lipinski definition) is 1. The van der Waals surface area contributed by atoms with Crippen molar-refractivity contribution in [2.24, 2.45) is 0 Å². The van der Waals surface area contributed by atoms with E-state index in [-0.39, 0.29) is 11.8 Å². The first kappa shape index (κ1) is 15.9. The molecule has 0 saturated heterocycles. The molecule has 0 saturated carbocycles. The summed E-state index contributed by atoms with van der Waals surface area (Å²) < 4.78 is 26.1. The summed E-state index contributed by atoms with van der Waals surface area (Å²) in [6, 6.07) is 13.6. The number of nitrogen functional groups attached to an aromatic ring is 1. The highest BCUT2D eigenvalue weighted by molar-refractivity contribution is 5.59. The van der Waals surface area contributed by atoms with Crippen LogP contribution in [0.3, 0.4) is 0 Å². The number of benzene rings is 2. The normalized spacial score (nSPS) is 10.8. The highest BCUT2D eigenvalue weighted by Crippen LogP contribution is 2.26. The van der Waals surface area contributed by atoms with Crippen LogP contribution in [0.1, 0.15) is 0 Å². The number of nitrogens with zero attached hydrogens (tertiary/aromatic N) is 3. The fourth-order valence-corrected chi connectivity index (χ4v) is 2.18. The van der Waals surface area contributed by atoms with E-state index < -0.39 is 0 Å². The van der Waals surface area contributed by atoms with Crippen LogP contribution in [0, 0.1) is 5.82 Å². The van der Waals surface area contributed by atoms with Crippen LogP contribution in [0.4, 0.5) is 10.1 Å². The Morgan fingerprint density at radius 2 is 1.83 bits per heavy atom. The molecular weight excluding hydrogens is 311 g/mol. The van der Waals surface area contributed by atoms with Crippen molar-refractivity contribution < 1.29 is 13.9 Å². The molecular formula is C17H17FN4O2. The van der Waals surface area contributed by atoms with Crippen molar-refractivity contribution >= 4 is 5.69 Å². The molecule has 3 rings (SSSR count). The van der Waals surface area contributed by atoms with E-state index in [0.717, 1.165) is 0 Å². The monoisotopic (exact) mass is 328 g/mol. The number of hydrogen-bond acceptors (Lipinski definition) is 5. The molecule has 24 heavy (non-hydrogen) atoms. The summed E-state index contributed by atoms with van der Waals surface area (Å²) in [5.41, 5.74) is 7.39. The summed E-state index contributed by atoms with van der Waals surface area (Å²) in [4.78, 5) is 4.31. The van der Waals surface area contributed by atoms with E-state index in [4.69, 9.17) is 15.2 Å². The van der Waals surface area contributed by atoms with Gasteiger partial charge in [0.2, 0.25) is 0 Å². The second kappa shape index (κ2) is 7.10. The zero-order valence-electron chi connectivity index (χ0n) is 13.1. The average Bonchev–Trinajstić information content (AvgIpc) is 3.00. The molecule has 0 bridgehead atoms. The minimum Gasteiger partial charge on any atom is -0.460 e. The van der Waals surface area contributed by atoms with Crippen LogP contribution in [-0.2, 0) is 4.74 Å². The SMILES string of the molecule is COCCOc1nc(-c2ccccc2F)n(-c2ccc(N)cc2)n1. The van der Waals surface area contributed by atoms with E-state index in [2.05, 4.69) is 10.1 Å². The van der Waals surface area contributed by atoms with Crippen LogP contribution in [-0.4, -0.2) is 35.1 Å². The smallest absolute Gasteiger partial charge is 0.336 e. The molecule has 0 spiro atoms. The molecule has 2 aromatic carbocycles. The van der Waals surface area contributed by atoms with E-state index >= 15 is 0 Å². The Labute approximate surface area is 138 Å². The van der Waals surface area contributed by atoms with Crippen LogP contribution in [0.25, 0.3) is 17.1 Å². The second-order valence-electron chi connectivity index (χ2n) is 5.04. The topological polar surface area (TPSA) is 75.2 Å². The van der Waals surface area contributed by atoms with E-state index in [0.29, 0.717) is 36.0 Å². The predicted octanol–water partition coefficient (Wildman–Crippen LogP) is 2.68. The Balaban J connectivity index is 2.04. The van der Waals surface area contributed by atoms with Crippen molar-refractivity contribution in [3.63, 3.8) is 0 Å².